The van der Waals surface area contributed by atoms with Gasteiger partial charge in [-0.05, 0) is 6.08 Å². The van der Waals surface area contributed by atoms with Gasteiger partial charge in [-0.25, -0.2) is 5.43 Å². The first-order valence-corrected chi connectivity index (χ1v) is 2.79. The van der Waals surface area contributed by atoms with Crippen molar-refractivity contribution >= 4 is 12.2 Å². The maximum atomic E-state index is 10.8. The molecule has 0 fully saturated rings. The highest BCUT2D eigenvalue weighted by Crippen LogP contribution is 1.78. The summed E-state index contributed by atoms with van der Waals surface area (Å²) < 4.78 is 0. The zero-order chi connectivity index (χ0) is 7.98. The smallest absolute Gasteiger partial charge is 0.260 e. The number of hydrogen-bond donors (Lipinski definition) is 1. The molecule has 0 aromatic heterocycles. The van der Waals surface area contributed by atoms with E-state index < -0.39 is 0 Å². The van der Waals surface area contributed by atoms with Gasteiger partial charge < -0.3 is 0 Å². The SMILES string of the molecule is CNN(C)C(=O)/C=C\C=O. The second-order valence-corrected chi connectivity index (χ2v) is 1.62. The number of rotatable bonds is 3. The van der Waals surface area contributed by atoms with E-state index in [2.05, 4.69) is 5.43 Å². The molecule has 0 saturated heterocycles. The van der Waals surface area contributed by atoms with E-state index in [0.717, 1.165) is 6.08 Å². The third kappa shape index (κ3) is 2.99. The molecular weight excluding hydrogens is 132 g/mol. The van der Waals surface area contributed by atoms with E-state index in [-0.39, 0.29) is 5.91 Å². The standard InChI is InChI=1S/C6H10N2O2/c1-7-8(2)6(10)4-3-5-9/h3-5,7H,1-2H3/b4-3-. The molecule has 0 aliphatic rings. The quantitative estimate of drug-likeness (QED) is 0.323. The fourth-order valence-corrected chi connectivity index (χ4v) is 0.344. The second kappa shape index (κ2) is 4.69. The minimum Gasteiger partial charge on any atom is -0.299 e. The molecule has 0 rings (SSSR count). The molecule has 0 aromatic rings. The lowest BCUT2D eigenvalue weighted by atomic mass is 10.5. The molecule has 0 radical (unpaired) electrons. The van der Waals surface area contributed by atoms with Gasteiger partial charge in [0.25, 0.3) is 5.91 Å². The van der Waals surface area contributed by atoms with E-state index in [1.165, 1.54) is 11.1 Å². The summed E-state index contributed by atoms with van der Waals surface area (Å²) in [6.07, 6.45) is 2.89. The molecule has 0 aliphatic heterocycles. The van der Waals surface area contributed by atoms with Crippen molar-refractivity contribution in [2.75, 3.05) is 14.1 Å². The average Bonchev–Trinajstić information content (AvgIpc) is 1.98. The zero-order valence-electron chi connectivity index (χ0n) is 6.00. The molecule has 0 atom stereocenters. The average molecular weight is 142 g/mol. The second-order valence-electron chi connectivity index (χ2n) is 1.62. The largest absolute Gasteiger partial charge is 0.299 e. The molecule has 10 heavy (non-hydrogen) atoms. The Morgan fingerprint density at radius 1 is 1.60 bits per heavy atom. The summed E-state index contributed by atoms with van der Waals surface area (Å²) in [6.45, 7) is 0. The number of likely N-dealkylation sites (N-methyl/N-ethyl adjacent to an activating group) is 1. The Hall–Kier alpha value is -1.16. The normalized spacial score (nSPS) is 9.80. The van der Waals surface area contributed by atoms with Crippen LogP contribution in [0.3, 0.4) is 0 Å². The van der Waals surface area contributed by atoms with E-state index in [4.69, 9.17) is 0 Å². The van der Waals surface area contributed by atoms with Crippen LogP contribution in [0.5, 0.6) is 0 Å². The highest BCUT2D eigenvalue weighted by molar-refractivity contribution is 5.90. The van der Waals surface area contributed by atoms with Gasteiger partial charge in [-0.3, -0.25) is 14.6 Å². The predicted molar refractivity (Wildman–Crippen MR) is 37.0 cm³/mol. The van der Waals surface area contributed by atoms with Crippen molar-refractivity contribution in [2.45, 2.75) is 0 Å². The fourth-order valence-electron chi connectivity index (χ4n) is 0.344. The van der Waals surface area contributed by atoms with Gasteiger partial charge in [-0.1, -0.05) is 0 Å². The lowest BCUT2D eigenvalue weighted by Gasteiger charge is -2.11. The van der Waals surface area contributed by atoms with E-state index in [0.29, 0.717) is 6.29 Å². The summed E-state index contributed by atoms with van der Waals surface area (Å²) >= 11 is 0. The van der Waals surface area contributed by atoms with Gasteiger partial charge in [0.05, 0.1) is 0 Å². The van der Waals surface area contributed by atoms with Gasteiger partial charge in [0.1, 0.15) is 6.29 Å². The van der Waals surface area contributed by atoms with Crippen molar-refractivity contribution < 1.29 is 9.59 Å². The van der Waals surface area contributed by atoms with Crippen LogP contribution >= 0.6 is 0 Å². The molecule has 0 bridgehead atoms. The van der Waals surface area contributed by atoms with Crippen molar-refractivity contribution in [3.8, 4) is 0 Å². The summed E-state index contributed by atoms with van der Waals surface area (Å²) in [5, 5.41) is 1.26. The predicted octanol–water partition coefficient (Wildman–Crippen LogP) is -0.666. The fraction of sp³-hybridized carbons (Fsp3) is 0.333. The molecule has 0 unspecified atom stereocenters. The van der Waals surface area contributed by atoms with Crippen LogP contribution in [0, 0.1) is 0 Å². The maximum absolute atomic E-state index is 10.8. The van der Waals surface area contributed by atoms with Crippen LogP contribution in [-0.4, -0.2) is 31.3 Å². The molecule has 4 heteroatoms. The molecule has 0 aromatic carbocycles. The van der Waals surface area contributed by atoms with E-state index in [1.807, 2.05) is 0 Å². The van der Waals surface area contributed by atoms with Gasteiger partial charge in [-0.15, -0.1) is 0 Å². The van der Waals surface area contributed by atoms with Gasteiger partial charge >= 0.3 is 0 Å². The van der Waals surface area contributed by atoms with Gasteiger partial charge in [-0.2, -0.15) is 0 Å². The zero-order valence-corrected chi connectivity index (χ0v) is 6.00. The number of nitrogens with zero attached hydrogens (tertiary/aromatic N) is 1. The first-order chi connectivity index (χ1) is 4.72. The Labute approximate surface area is 59.5 Å². The van der Waals surface area contributed by atoms with Gasteiger partial charge in [0.15, 0.2) is 0 Å². The van der Waals surface area contributed by atoms with Gasteiger partial charge in [0.2, 0.25) is 0 Å². The Kier molecular flexibility index (Phi) is 4.15. The first kappa shape index (κ1) is 8.84. The molecule has 1 N–H and O–H groups in total. The number of carbonyl (C=O) groups is 2. The van der Waals surface area contributed by atoms with Crippen molar-refractivity contribution in [3.63, 3.8) is 0 Å². The summed E-state index contributed by atoms with van der Waals surface area (Å²) in [5.41, 5.74) is 2.59. The van der Waals surface area contributed by atoms with Crippen LogP contribution in [0.15, 0.2) is 12.2 Å². The van der Waals surface area contributed by atoms with E-state index >= 15 is 0 Å². The number of hydrazine groups is 1. The van der Waals surface area contributed by atoms with Crippen LogP contribution in [0.4, 0.5) is 0 Å². The third-order valence-electron chi connectivity index (χ3n) is 0.983. The van der Waals surface area contributed by atoms with E-state index in [1.54, 1.807) is 14.1 Å². The monoisotopic (exact) mass is 142 g/mol. The summed E-state index contributed by atoms with van der Waals surface area (Å²) in [6, 6.07) is 0. The highest BCUT2D eigenvalue weighted by Gasteiger charge is 1.98. The Morgan fingerprint density at radius 3 is 2.60 bits per heavy atom. The Balaban J connectivity index is 3.83. The Morgan fingerprint density at radius 2 is 2.20 bits per heavy atom. The number of aldehydes is 1. The maximum Gasteiger partial charge on any atom is 0.260 e. The molecule has 56 valence electrons. The number of hydrogen-bond acceptors (Lipinski definition) is 3. The molecule has 0 spiro atoms. The minimum atomic E-state index is -0.255. The molecule has 1 amide bonds. The van der Waals surface area contributed by atoms with E-state index in [9.17, 15) is 9.59 Å². The summed E-state index contributed by atoms with van der Waals surface area (Å²) in [7, 11) is 3.18. The topological polar surface area (TPSA) is 49.4 Å². The minimum absolute atomic E-state index is 0.255. The number of carbonyl (C=O) groups excluding carboxylic acids is 2. The molecule has 0 saturated carbocycles. The van der Waals surface area contributed by atoms with Crippen molar-refractivity contribution in [2.24, 2.45) is 0 Å². The number of allylic oxidation sites excluding steroid dienone is 1. The molecule has 0 heterocycles. The summed E-state index contributed by atoms with van der Waals surface area (Å²) in [5.74, 6) is -0.255. The van der Waals surface area contributed by atoms with Crippen LogP contribution < -0.4 is 5.43 Å². The van der Waals surface area contributed by atoms with Crippen LogP contribution in [0.1, 0.15) is 0 Å². The molecule has 0 aliphatic carbocycles. The van der Waals surface area contributed by atoms with Crippen LogP contribution in [-0.2, 0) is 9.59 Å². The lowest BCUT2D eigenvalue weighted by molar-refractivity contribution is -0.127. The van der Waals surface area contributed by atoms with Crippen LogP contribution in [0.2, 0.25) is 0 Å². The van der Waals surface area contributed by atoms with Crippen LogP contribution in [0.25, 0.3) is 0 Å². The number of nitrogens with one attached hydrogen (secondary N) is 1. The lowest BCUT2D eigenvalue weighted by Crippen LogP contribution is -2.35. The van der Waals surface area contributed by atoms with Crippen molar-refractivity contribution in [1.82, 2.24) is 10.4 Å². The number of amides is 1. The highest BCUT2D eigenvalue weighted by atomic mass is 16.2. The molecular formula is C6H10N2O2. The summed E-state index contributed by atoms with van der Waals surface area (Å²) in [4.78, 5) is 20.5. The van der Waals surface area contributed by atoms with Crippen molar-refractivity contribution in [1.29, 1.82) is 0 Å². The molecule has 4 nitrogen and oxygen atoms in total. The first-order valence-electron chi connectivity index (χ1n) is 2.79. The third-order valence-corrected chi connectivity index (χ3v) is 0.983. The van der Waals surface area contributed by atoms with Crippen molar-refractivity contribution in [3.05, 3.63) is 12.2 Å². The van der Waals surface area contributed by atoms with Gasteiger partial charge in [0, 0.05) is 20.2 Å². The Bertz CT molecular complexity index is 154.